The summed E-state index contributed by atoms with van der Waals surface area (Å²) in [5.41, 5.74) is -1.92. The zero-order valence-electron chi connectivity index (χ0n) is 16.5. The Morgan fingerprint density at radius 3 is 2.34 bits per heavy atom. The number of rotatable bonds is 5. The number of hydrogen-bond donors (Lipinski definition) is 1. The molecule has 6 heteroatoms. The number of aryl methyl sites for hydroxylation is 1. The van der Waals surface area contributed by atoms with Gasteiger partial charge in [0.2, 0.25) is 0 Å². The van der Waals surface area contributed by atoms with E-state index in [-0.39, 0.29) is 0 Å². The van der Waals surface area contributed by atoms with Crippen LogP contribution in [0.25, 0.3) is 10.9 Å². The van der Waals surface area contributed by atoms with Crippen molar-refractivity contribution in [2.45, 2.75) is 50.8 Å². The highest BCUT2D eigenvalue weighted by Gasteiger charge is 2.56. The summed E-state index contributed by atoms with van der Waals surface area (Å²) in [6.07, 6.45) is -4.55. The third-order valence-electron chi connectivity index (χ3n) is 5.40. The summed E-state index contributed by atoms with van der Waals surface area (Å²) in [5.74, 6) is -0.448. The first-order valence-electron chi connectivity index (χ1n) is 9.31. The molecule has 1 unspecified atom stereocenters. The fourth-order valence-electron chi connectivity index (χ4n) is 4.10. The molecule has 3 rings (SSSR count). The van der Waals surface area contributed by atoms with Crippen LogP contribution in [0.3, 0.4) is 0 Å². The van der Waals surface area contributed by atoms with Crippen LogP contribution in [-0.2, 0) is 11.8 Å². The molecule has 3 aromatic rings. The zero-order chi connectivity index (χ0) is 21.4. The van der Waals surface area contributed by atoms with E-state index in [1.807, 2.05) is 0 Å². The Balaban J connectivity index is 2.03. The summed E-state index contributed by atoms with van der Waals surface area (Å²) in [7, 11) is 0. The number of fused-ring (bicyclic) bond motifs is 1. The van der Waals surface area contributed by atoms with Crippen molar-refractivity contribution in [3.05, 3.63) is 77.2 Å². The second-order valence-corrected chi connectivity index (χ2v) is 8.21. The predicted molar refractivity (Wildman–Crippen MR) is 105 cm³/mol. The number of benzene rings is 2. The molecular formula is C23H23F4NO. The van der Waals surface area contributed by atoms with E-state index in [4.69, 9.17) is 0 Å². The van der Waals surface area contributed by atoms with Crippen LogP contribution in [-0.4, -0.2) is 21.9 Å². The molecule has 0 radical (unpaired) electrons. The third-order valence-corrected chi connectivity index (χ3v) is 5.40. The van der Waals surface area contributed by atoms with Gasteiger partial charge in [0.25, 0.3) is 0 Å². The van der Waals surface area contributed by atoms with Crippen LogP contribution >= 0.6 is 0 Å². The fourth-order valence-corrected chi connectivity index (χ4v) is 4.10. The maximum Gasteiger partial charge on any atom is 0.417 e. The van der Waals surface area contributed by atoms with Gasteiger partial charge >= 0.3 is 6.18 Å². The minimum Gasteiger partial charge on any atom is -0.380 e. The summed E-state index contributed by atoms with van der Waals surface area (Å²) < 4.78 is 55.7. The van der Waals surface area contributed by atoms with Gasteiger partial charge in [0.15, 0.2) is 5.60 Å². The topological polar surface area (TPSA) is 33.1 Å². The van der Waals surface area contributed by atoms with Crippen LogP contribution in [0.2, 0.25) is 0 Å². The minimum absolute atomic E-state index is 0.377. The van der Waals surface area contributed by atoms with E-state index in [1.54, 1.807) is 45.0 Å². The SMILES string of the molecule is Cc1cc(F)ccc1C(C)(C)CC(O)(Cc1ccnc2ccccc12)C(F)(F)F. The summed E-state index contributed by atoms with van der Waals surface area (Å²) in [6, 6.07) is 12.4. The first kappa shape index (κ1) is 21.2. The molecule has 1 heterocycles. The fraction of sp³-hybridized carbons (Fsp3) is 0.348. The number of alkyl halides is 3. The lowest BCUT2D eigenvalue weighted by molar-refractivity contribution is -0.266. The highest BCUT2D eigenvalue weighted by atomic mass is 19.4. The summed E-state index contributed by atoms with van der Waals surface area (Å²) in [6.45, 7) is 4.92. The Morgan fingerprint density at radius 1 is 1.00 bits per heavy atom. The van der Waals surface area contributed by atoms with Gasteiger partial charge in [-0.15, -0.1) is 0 Å². The number of aromatic nitrogens is 1. The quantitative estimate of drug-likeness (QED) is 0.537. The Kier molecular flexibility index (Phi) is 5.43. The van der Waals surface area contributed by atoms with E-state index in [9.17, 15) is 22.7 Å². The molecule has 29 heavy (non-hydrogen) atoms. The molecule has 0 aliphatic heterocycles. The summed E-state index contributed by atoms with van der Waals surface area (Å²) in [5, 5.41) is 11.5. The predicted octanol–water partition coefficient (Wildman–Crippen LogP) is 5.89. The van der Waals surface area contributed by atoms with Gasteiger partial charge in [0.1, 0.15) is 5.82 Å². The van der Waals surface area contributed by atoms with Crippen LogP contribution < -0.4 is 0 Å². The molecule has 1 atom stereocenters. The summed E-state index contributed by atoms with van der Waals surface area (Å²) >= 11 is 0. The van der Waals surface area contributed by atoms with E-state index in [2.05, 4.69) is 4.98 Å². The molecule has 0 fully saturated rings. The number of hydrogen-bond acceptors (Lipinski definition) is 2. The van der Waals surface area contributed by atoms with Crippen molar-refractivity contribution in [1.29, 1.82) is 0 Å². The molecule has 0 saturated heterocycles. The molecule has 2 aromatic carbocycles. The van der Waals surface area contributed by atoms with E-state index < -0.39 is 35.9 Å². The summed E-state index contributed by atoms with van der Waals surface area (Å²) in [4.78, 5) is 4.18. The van der Waals surface area contributed by atoms with Gasteiger partial charge in [0.05, 0.1) is 5.52 Å². The van der Waals surface area contributed by atoms with Crippen LogP contribution in [0.15, 0.2) is 54.7 Å². The number of halogens is 4. The first-order chi connectivity index (χ1) is 13.4. The maximum atomic E-state index is 14.1. The zero-order valence-corrected chi connectivity index (χ0v) is 16.5. The van der Waals surface area contributed by atoms with Gasteiger partial charge in [-0.3, -0.25) is 4.98 Å². The van der Waals surface area contributed by atoms with E-state index >= 15 is 0 Å². The van der Waals surface area contributed by atoms with Gasteiger partial charge in [-0.05, 0) is 59.7 Å². The largest absolute Gasteiger partial charge is 0.417 e. The smallest absolute Gasteiger partial charge is 0.380 e. The molecular weight excluding hydrogens is 382 g/mol. The molecule has 0 amide bonds. The van der Waals surface area contributed by atoms with E-state index in [1.165, 1.54) is 30.5 Å². The first-order valence-corrected chi connectivity index (χ1v) is 9.31. The van der Waals surface area contributed by atoms with Crippen molar-refractivity contribution >= 4 is 10.9 Å². The van der Waals surface area contributed by atoms with Gasteiger partial charge in [0, 0.05) is 18.0 Å². The minimum atomic E-state index is -4.84. The molecule has 0 saturated carbocycles. The van der Waals surface area contributed by atoms with Gasteiger partial charge < -0.3 is 5.11 Å². The maximum absolute atomic E-state index is 14.1. The number of para-hydroxylation sites is 1. The van der Waals surface area contributed by atoms with Crippen LogP contribution in [0.1, 0.15) is 37.0 Å². The normalized spacial score (nSPS) is 14.8. The van der Waals surface area contributed by atoms with Crippen LogP contribution in [0.4, 0.5) is 17.6 Å². The lowest BCUT2D eigenvalue weighted by Crippen LogP contribution is -2.51. The lowest BCUT2D eigenvalue weighted by atomic mass is 9.72. The Labute approximate surface area is 167 Å². The second-order valence-electron chi connectivity index (χ2n) is 8.21. The molecule has 154 valence electrons. The average molecular weight is 405 g/mol. The standard InChI is InChI=1S/C23H23F4NO/c1-15-12-17(24)8-9-19(15)21(2,3)14-22(29,23(25,26)27)13-16-10-11-28-20-7-5-4-6-18(16)20/h4-12,29H,13-14H2,1-3H3. The second kappa shape index (κ2) is 7.41. The van der Waals surface area contributed by atoms with Gasteiger partial charge in [-0.1, -0.05) is 38.1 Å². The van der Waals surface area contributed by atoms with Crippen LogP contribution in [0, 0.1) is 12.7 Å². The molecule has 1 aromatic heterocycles. The molecule has 0 aliphatic carbocycles. The molecule has 1 N–H and O–H groups in total. The number of pyridine rings is 1. The van der Waals surface area contributed by atoms with Crippen molar-refractivity contribution in [2.24, 2.45) is 0 Å². The van der Waals surface area contributed by atoms with E-state index in [0.29, 0.717) is 27.6 Å². The van der Waals surface area contributed by atoms with Crippen molar-refractivity contribution in [3.63, 3.8) is 0 Å². The highest BCUT2D eigenvalue weighted by Crippen LogP contribution is 2.44. The van der Waals surface area contributed by atoms with Gasteiger partial charge in [-0.25, -0.2) is 4.39 Å². The van der Waals surface area contributed by atoms with E-state index in [0.717, 1.165) is 0 Å². The van der Waals surface area contributed by atoms with Crippen molar-refractivity contribution in [3.8, 4) is 0 Å². The molecule has 0 aliphatic rings. The Morgan fingerprint density at radius 2 is 1.69 bits per heavy atom. The number of aliphatic hydroxyl groups is 1. The van der Waals surface area contributed by atoms with Crippen molar-refractivity contribution in [2.75, 3.05) is 0 Å². The van der Waals surface area contributed by atoms with Gasteiger partial charge in [-0.2, -0.15) is 13.2 Å². The van der Waals surface area contributed by atoms with Crippen molar-refractivity contribution < 1.29 is 22.7 Å². The molecule has 2 nitrogen and oxygen atoms in total. The molecule has 0 bridgehead atoms. The highest BCUT2D eigenvalue weighted by molar-refractivity contribution is 5.81. The monoisotopic (exact) mass is 405 g/mol. The lowest BCUT2D eigenvalue weighted by Gasteiger charge is -2.39. The molecule has 0 spiro atoms. The third kappa shape index (κ3) is 4.27. The van der Waals surface area contributed by atoms with Crippen LogP contribution in [0.5, 0.6) is 0 Å². The Hall–Kier alpha value is -2.47. The van der Waals surface area contributed by atoms with Crippen molar-refractivity contribution in [1.82, 2.24) is 4.98 Å². The average Bonchev–Trinajstić information content (AvgIpc) is 2.60. The Bertz CT molecular complexity index is 1020. The number of nitrogens with zero attached hydrogens (tertiary/aromatic N) is 1.